The maximum absolute atomic E-state index is 4.37. The average molecular weight is 311 g/mol. The van der Waals surface area contributed by atoms with Crippen LogP contribution in [0.15, 0.2) is 4.99 Å². The number of hydrogen-bond acceptors (Lipinski definition) is 2. The molecule has 4 heteroatoms. The summed E-state index contributed by atoms with van der Waals surface area (Å²) in [6, 6.07) is 0.504. The number of nitrogens with one attached hydrogen (secondary N) is 2. The van der Waals surface area contributed by atoms with Crippen LogP contribution < -0.4 is 10.6 Å². The van der Waals surface area contributed by atoms with Crippen molar-refractivity contribution in [2.75, 3.05) is 33.2 Å². The Bertz CT molecular complexity index is 295. The van der Waals surface area contributed by atoms with Gasteiger partial charge in [0.2, 0.25) is 0 Å². The molecule has 0 aromatic heterocycles. The van der Waals surface area contributed by atoms with Gasteiger partial charge in [-0.2, -0.15) is 0 Å². The molecule has 0 amide bonds. The number of nitrogens with zero attached hydrogens (tertiary/aromatic N) is 2. The first-order valence-electron chi connectivity index (χ1n) is 9.39. The van der Waals surface area contributed by atoms with Gasteiger partial charge in [0.05, 0.1) is 0 Å². The second-order valence-electron chi connectivity index (χ2n) is 6.78. The second-order valence-corrected chi connectivity index (χ2v) is 6.78. The molecule has 4 nitrogen and oxygen atoms in total. The molecule has 0 aromatic rings. The third kappa shape index (κ3) is 8.02. The normalized spacial score (nSPS) is 19.2. The predicted octanol–water partition coefficient (Wildman–Crippen LogP) is 3.24. The summed E-state index contributed by atoms with van der Waals surface area (Å²) < 4.78 is 0. The van der Waals surface area contributed by atoms with Gasteiger partial charge in [-0.15, -0.1) is 0 Å². The molecule has 1 heterocycles. The highest BCUT2D eigenvalue weighted by molar-refractivity contribution is 5.79. The van der Waals surface area contributed by atoms with E-state index in [0.29, 0.717) is 6.04 Å². The van der Waals surface area contributed by atoms with E-state index in [9.17, 15) is 0 Å². The lowest BCUT2D eigenvalue weighted by Gasteiger charge is -2.32. The minimum absolute atomic E-state index is 0.504. The summed E-state index contributed by atoms with van der Waals surface area (Å²) >= 11 is 0. The number of unbranched alkanes of at least 4 members (excludes halogenated alkanes) is 2. The van der Waals surface area contributed by atoms with Crippen molar-refractivity contribution in [2.45, 2.75) is 71.8 Å². The van der Waals surface area contributed by atoms with E-state index in [1.54, 1.807) is 0 Å². The molecule has 1 unspecified atom stereocenters. The number of rotatable bonds is 9. The van der Waals surface area contributed by atoms with Crippen molar-refractivity contribution in [3.63, 3.8) is 0 Å². The Labute approximate surface area is 138 Å². The summed E-state index contributed by atoms with van der Waals surface area (Å²) in [5.41, 5.74) is 0. The third-order valence-corrected chi connectivity index (χ3v) is 4.65. The first-order chi connectivity index (χ1) is 10.7. The van der Waals surface area contributed by atoms with Crippen LogP contribution in [0, 0.1) is 5.92 Å². The second kappa shape index (κ2) is 11.8. The topological polar surface area (TPSA) is 39.7 Å². The van der Waals surface area contributed by atoms with Crippen molar-refractivity contribution in [3.8, 4) is 0 Å². The summed E-state index contributed by atoms with van der Waals surface area (Å²) in [5.74, 6) is 1.77. The van der Waals surface area contributed by atoms with Crippen molar-refractivity contribution in [1.29, 1.82) is 0 Å². The molecule has 0 aromatic carbocycles. The number of hydrogen-bond donors (Lipinski definition) is 2. The van der Waals surface area contributed by atoms with Gasteiger partial charge in [-0.05, 0) is 58.2 Å². The van der Waals surface area contributed by atoms with Crippen LogP contribution in [0.1, 0.15) is 65.7 Å². The molecule has 0 radical (unpaired) electrons. The Hall–Kier alpha value is -0.770. The lowest BCUT2D eigenvalue weighted by atomic mass is 9.97. The highest BCUT2D eigenvalue weighted by Crippen LogP contribution is 2.16. The van der Waals surface area contributed by atoms with E-state index in [4.69, 9.17) is 0 Å². The fraction of sp³-hybridized carbons (Fsp3) is 0.944. The van der Waals surface area contributed by atoms with Crippen LogP contribution >= 0.6 is 0 Å². The van der Waals surface area contributed by atoms with Crippen LogP contribution in [0.4, 0.5) is 0 Å². The SMILES string of the molecule is CCCCCC(C)NC(=NC)NCC1CCN(CCC)CC1. The van der Waals surface area contributed by atoms with E-state index in [1.807, 2.05) is 7.05 Å². The molecule has 1 saturated heterocycles. The number of likely N-dealkylation sites (tertiary alicyclic amines) is 1. The van der Waals surface area contributed by atoms with Crippen molar-refractivity contribution in [3.05, 3.63) is 0 Å². The maximum Gasteiger partial charge on any atom is 0.191 e. The summed E-state index contributed by atoms with van der Waals surface area (Å²) in [4.78, 5) is 6.97. The largest absolute Gasteiger partial charge is 0.356 e. The van der Waals surface area contributed by atoms with Crippen LogP contribution in [0.5, 0.6) is 0 Å². The van der Waals surface area contributed by atoms with Crippen molar-refractivity contribution < 1.29 is 0 Å². The maximum atomic E-state index is 4.37. The Morgan fingerprint density at radius 3 is 2.50 bits per heavy atom. The van der Waals surface area contributed by atoms with Crippen molar-refractivity contribution >= 4 is 5.96 Å². The Balaban J connectivity index is 2.19. The van der Waals surface area contributed by atoms with E-state index in [2.05, 4.69) is 41.3 Å². The summed E-state index contributed by atoms with van der Waals surface area (Å²) in [5, 5.41) is 7.05. The number of guanidine groups is 1. The molecule has 0 bridgehead atoms. The van der Waals surface area contributed by atoms with E-state index in [1.165, 1.54) is 64.6 Å². The minimum Gasteiger partial charge on any atom is -0.356 e. The van der Waals surface area contributed by atoms with E-state index >= 15 is 0 Å². The quantitative estimate of drug-likeness (QED) is 0.390. The highest BCUT2D eigenvalue weighted by Gasteiger charge is 2.18. The van der Waals surface area contributed by atoms with E-state index in [0.717, 1.165) is 18.4 Å². The molecule has 0 saturated carbocycles. The Morgan fingerprint density at radius 1 is 1.18 bits per heavy atom. The van der Waals surface area contributed by atoms with E-state index in [-0.39, 0.29) is 0 Å². The standard InChI is InChI=1S/C18H38N4/c1-5-7-8-9-16(3)21-18(19-4)20-15-17-10-13-22(12-6-2)14-11-17/h16-17H,5-15H2,1-4H3,(H2,19,20,21). The first-order valence-corrected chi connectivity index (χ1v) is 9.39. The molecule has 0 aliphatic carbocycles. The third-order valence-electron chi connectivity index (χ3n) is 4.65. The molecule has 1 aliphatic heterocycles. The molecule has 1 atom stereocenters. The molecule has 1 rings (SSSR count). The van der Waals surface area contributed by atoms with Crippen molar-refractivity contribution in [2.24, 2.45) is 10.9 Å². The summed E-state index contributed by atoms with van der Waals surface area (Å²) in [7, 11) is 1.87. The molecule has 1 aliphatic rings. The number of aliphatic imine (C=N–C) groups is 1. The zero-order valence-electron chi connectivity index (χ0n) is 15.3. The molecule has 130 valence electrons. The van der Waals surface area contributed by atoms with Crippen LogP contribution in [-0.4, -0.2) is 50.1 Å². The van der Waals surface area contributed by atoms with Crippen LogP contribution in [0.3, 0.4) is 0 Å². The lowest BCUT2D eigenvalue weighted by Crippen LogP contribution is -2.45. The van der Waals surface area contributed by atoms with Gasteiger partial charge in [-0.3, -0.25) is 4.99 Å². The van der Waals surface area contributed by atoms with Gasteiger partial charge in [0.1, 0.15) is 0 Å². The zero-order valence-corrected chi connectivity index (χ0v) is 15.3. The fourth-order valence-electron chi connectivity index (χ4n) is 3.17. The molecular formula is C18H38N4. The lowest BCUT2D eigenvalue weighted by molar-refractivity contribution is 0.185. The number of piperidine rings is 1. The Kier molecular flexibility index (Phi) is 10.3. The Morgan fingerprint density at radius 2 is 1.91 bits per heavy atom. The van der Waals surface area contributed by atoms with Gasteiger partial charge < -0.3 is 15.5 Å². The minimum atomic E-state index is 0.504. The van der Waals surface area contributed by atoms with Gasteiger partial charge in [-0.1, -0.05) is 33.1 Å². The predicted molar refractivity (Wildman–Crippen MR) is 97.6 cm³/mol. The first kappa shape index (κ1) is 19.3. The smallest absolute Gasteiger partial charge is 0.191 e. The van der Waals surface area contributed by atoms with Gasteiger partial charge in [0.25, 0.3) is 0 Å². The van der Waals surface area contributed by atoms with Gasteiger partial charge in [-0.25, -0.2) is 0 Å². The van der Waals surface area contributed by atoms with Gasteiger partial charge in [0, 0.05) is 19.6 Å². The van der Waals surface area contributed by atoms with Crippen LogP contribution in [0.2, 0.25) is 0 Å². The summed E-state index contributed by atoms with van der Waals surface area (Å²) in [6.45, 7) is 11.6. The monoisotopic (exact) mass is 310 g/mol. The average Bonchev–Trinajstić information content (AvgIpc) is 2.53. The van der Waals surface area contributed by atoms with Gasteiger partial charge in [0.15, 0.2) is 5.96 Å². The van der Waals surface area contributed by atoms with Crippen molar-refractivity contribution in [1.82, 2.24) is 15.5 Å². The van der Waals surface area contributed by atoms with Crippen LogP contribution in [-0.2, 0) is 0 Å². The molecule has 1 fully saturated rings. The molecule has 2 N–H and O–H groups in total. The highest BCUT2D eigenvalue weighted by atomic mass is 15.2. The van der Waals surface area contributed by atoms with Gasteiger partial charge >= 0.3 is 0 Å². The zero-order chi connectivity index (χ0) is 16.2. The molecule has 22 heavy (non-hydrogen) atoms. The fourth-order valence-corrected chi connectivity index (χ4v) is 3.17. The summed E-state index contributed by atoms with van der Waals surface area (Å²) in [6.07, 6.45) is 9.05. The van der Waals surface area contributed by atoms with Crippen LogP contribution in [0.25, 0.3) is 0 Å². The molecule has 0 spiro atoms. The van der Waals surface area contributed by atoms with E-state index < -0.39 is 0 Å². The molecular weight excluding hydrogens is 272 g/mol.